The lowest BCUT2D eigenvalue weighted by atomic mass is 10.0. The number of H-pyrrole nitrogens is 2. The molecule has 0 fully saturated rings. The second-order valence-corrected chi connectivity index (χ2v) is 20.0. The number of hydrogen-bond acceptors (Lipinski definition) is 14. The monoisotopic (exact) mass is 1190 g/mol. The molecule has 8 bridgehead atoms. The molecule has 0 saturated heterocycles. The molecule has 450 valence electrons. The van der Waals surface area contributed by atoms with Crippen LogP contribution in [0.5, 0.6) is 0 Å². The summed E-state index contributed by atoms with van der Waals surface area (Å²) in [6, 6.07) is 36.4. The number of rotatable bonds is 24. The number of aliphatic hydroxyl groups is 3. The van der Waals surface area contributed by atoms with Crippen LogP contribution in [0, 0.1) is 0 Å². The van der Waals surface area contributed by atoms with Crippen LogP contribution in [0.4, 0.5) is 22.7 Å². The minimum atomic E-state index is -0.504. The van der Waals surface area contributed by atoms with Crippen molar-refractivity contribution in [1.82, 2.24) is 19.9 Å². The van der Waals surface area contributed by atoms with Gasteiger partial charge in [-0.1, -0.05) is 72.8 Å². The first kappa shape index (κ1) is 61.8. The molecule has 0 unspecified atom stereocenters. The maximum atomic E-state index is 13.7. The molecule has 0 aliphatic carbocycles. The van der Waals surface area contributed by atoms with E-state index in [0.717, 1.165) is 0 Å². The molecule has 4 aromatic carbocycles. The topological polar surface area (TPSA) is 289 Å². The lowest BCUT2D eigenvalue weighted by Gasteiger charge is -2.13. The lowest BCUT2D eigenvalue weighted by molar-refractivity contribution is -0.144. The second kappa shape index (κ2) is 29.4. The molecule has 9 rings (SSSR count). The largest absolute Gasteiger partial charge is 0.496 e. The summed E-state index contributed by atoms with van der Waals surface area (Å²) in [6.07, 6.45) is 6.57. The van der Waals surface area contributed by atoms with E-state index in [0.29, 0.717) is 112 Å². The highest BCUT2D eigenvalue weighted by atomic mass is 16.5. The highest BCUT2D eigenvalue weighted by Crippen LogP contribution is 2.44. The number of aromatic nitrogens is 4. The van der Waals surface area contributed by atoms with E-state index >= 15 is 0 Å². The quantitative estimate of drug-likeness (QED) is 0.0142. The first-order valence-corrected chi connectivity index (χ1v) is 29.0. The Morgan fingerprint density at radius 2 is 0.670 bits per heavy atom. The second-order valence-electron chi connectivity index (χ2n) is 20.0. The summed E-state index contributed by atoms with van der Waals surface area (Å²) < 4.78 is 20.5. The van der Waals surface area contributed by atoms with Crippen molar-refractivity contribution in [3.8, 4) is 44.5 Å². The predicted octanol–water partition coefficient (Wildman–Crippen LogP) is 14.4. The average Bonchev–Trinajstić information content (AvgIpc) is 1.98. The molecule has 0 spiro atoms. The van der Waals surface area contributed by atoms with Gasteiger partial charge in [0.05, 0.1) is 91.9 Å². The normalized spacial score (nSPS) is 12.2. The van der Waals surface area contributed by atoms with Gasteiger partial charge in [-0.3, -0.25) is 24.0 Å². The van der Waals surface area contributed by atoms with Gasteiger partial charge in [-0.25, -0.2) is 24.9 Å². The fourth-order valence-electron chi connectivity index (χ4n) is 10.1. The number of anilines is 1. The number of esters is 4. The minimum absolute atomic E-state index is 0.0889. The molecule has 6 N–H and O–H groups in total. The van der Waals surface area contributed by atoms with Gasteiger partial charge in [-0.15, -0.1) is 0 Å². The molecule has 2 aliphatic heterocycles. The summed E-state index contributed by atoms with van der Waals surface area (Å²) in [4.78, 5) is 95.6. The zero-order valence-electron chi connectivity index (χ0n) is 49.1. The Balaban J connectivity index is 1.39. The van der Waals surface area contributed by atoms with Crippen molar-refractivity contribution in [2.24, 2.45) is 15.0 Å². The molecule has 0 radical (unpaired) electrons. The van der Waals surface area contributed by atoms with Crippen LogP contribution in [-0.2, 0) is 42.9 Å². The number of aromatic amines is 2. The zero-order valence-corrected chi connectivity index (χ0v) is 49.1. The number of nitrogens with one attached hydrogen (secondary N) is 3. The number of aliphatic imine (C=N–C) groups is 3. The van der Waals surface area contributed by atoms with E-state index in [1.165, 1.54) is 0 Å². The van der Waals surface area contributed by atoms with Crippen LogP contribution in [0.2, 0.25) is 0 Å². The summed E-state index contributed by atoms with van der Waals surface area (Å²) in [5, 5.41) is 37.0. The zero-order chi connectivity index (χ0) is 62.1. The van der Waals surface area contributed by atoms with Gasteiger partial charge in [-0.2, -0.15) is 0 Å². The van der Waals surface area contributed by atoms with Gasteiger partial charge in [-0.05, 0) is 101 Å². The Labute approximate surface area is 507 Å². The molecule has 20 heteroatoms. The van der Waals surface area contributed by atoms with E-state index in [1.807, 2.05) is 97.1 Å². The number of carbonyl (C=O) groups is 5. The molecule has 0 saturated carbocycles. The number of aliphatic hydroxyl groups excluding tert-OH is 3. The highest BCUT2D eigenvalue weighted by molar-refractivity contribution is 6.06. The van der Waals surface area contributed by atoms with Crippen molar-refractivity contribution in [3.63, 3.8) is 0 Å². The van der Waals surface area contributed by atoms with Crippen LogP contribution in [0.1, 0.15) is 102 Å². The van der Waals surface area contributed by atoms with Crippen LogP contribution in [0.25, 0.3) is 90.9 Å². The van der Waals surface area contributed by atoms with Crippen LogP contribution in [0.3, 0.4) is 0 Å². The highest BCUT2D eigenvalue weighted by Gasteiger charge is 2.24. The first-order valence-electron chi connectivity index (χ1n) is 29.0. The molecule has 20 nitrogen and oxygen atoms in total. The van der Waals surface area contributed by atoms with Crippen LogP contribution < -0.4 is 5.32 Å². The van der Waals surface area contributed by atoms with Crippen molar-refractivity contribution in [3.05, 3.63) is 144 Å². The molecular weight excluding hydrogens is 1120 g/mol. The van der Waals surface area contributed by atoms with Gasteiger partial charge >= 0.3 is 23.9 Å². The molecule has 2 aliphatic rings. The number of fused-ring (bicyclic) bond motifs is 8. The smallest absolute Gasteiger partial charge is 0.306 e. The van der Waals surface area contributed by atoms with Crippen molar-refractivity contribution < 1.29 is 58.2 Å². The van der Waals surface area contributed by atoms with Gasteiger partial charge in [0.2, 0.25) is 5.91 Å². The summed E-state index contributed by atoms with van der Waals surface area (Å²) in [7, 11) is 0. The van der Waals surface area contributed by atoms with Crippen LogP contribution in [-0.4, -0.2) is 109 Å². The maximum Gasteiger partial charge on any atom is 0.306 e. The van der Waals surface area contributed by atoms with Gasteiger partial charge < -0.3 is 49.6 Å². The molecular formula is C68H66N8O12. The number of ether oxygens (including phenoxy) is 4. The fraction of sp³-hybridized carbons (Fsp3) is 0.235. The van der Waals surface area contributed by atoms with Crippen molar-refractivity contribution in [2.75, 3.05) is 31.7 Å². The third-order valence-electron chi connectivity index (χ3n) is 13.9. The Kier molecular flexibility index (Phi) is 20.6. The SMILES string of the molecule is CCOC(=O)CCC(=O)Nc1ccccc1-c1c2nc(c(-c3ccccc3N=C(O)CCC(=O)OCC)c3ccc([nH]3)c(-c3ccccc3N=C(O)CCC(=O)OCC)c3nc(c(-c4ccccc4N=C(O)CCC(=O)OCC)c4ccc1[nH]4)C=C3)C=C2. The third-order valence-corrected chi connectivity index (χ3v) is 13.9. The molecule has 1 amide bonds. The Morgan fingerprint density at radius 1 is 0.386 bits per heavy atom. The third kappa shape index (κ3) is 15.2. The van der Waals surface area contributed by atoms with Gasteiger partial charge in [0.15, 0.2) is 17.7 Å². The van der Waals surface area contributed by atoms with Crippen molar-refractivity contribution in [2.45, 2.75) is 79.1 Å². The summed E-state index contributed by atoms with van der Waals surface area (Å²) >= 11 is 0. The summed E-state index contributed by atoms with van der Waals surface area (Å²) in [6.45, 7) is 7.54. The number of carbonyl (C=O) groups excluding carboxylic acids is 5. The van der Waals surface area contributed by atoms with Crippen LogP contribution in [0.15, 0.2) is 136 Å². The molecule has 5 heterocycles. The average molecular weight is 1190 g/mol. The number of amides is 1. The predicted molar refractivity (Wildman–Crippen MR) is 342 cm³/mol. The molecule has 88 heavy (non-hydrogen) atoms. The van der Waals surface area contributed by atoms with E-state index in [1.54, 1.807) is 76.2 Å². The van der Waals surface area contributed by atoms with Gasteiger partial charge in [0, 0.05) is 97.9 Å². The van der Waals surface area contributed by atoms with Gasteiger partial charge in [0.1, 0.15) is 0 Å². The molecule has 7 aromatic rings. The molecule has 3 aromatic heterocycles. The van der Waals surface area contributed by atoms with E-state index < -0.39 is 29.8 Å². The first-order chi connectivity index (χ1) is 42.7. The Morgan fingerprint density at radius 3 is 1.00 bits per heavy atom. The van der Waals surface area contributed by atoms with E-state index in [9.17, 15) is 39.3 Å². The fourth-order valence-corrected chi connectivity index (χ4v) is 10.1. The van der Waals surface area contributed by atoms with Crippen molar-refractivity contribution in [1.29, 1.82) is 0 Å². The lowest BCUT2D eigenvalue weighted by Crippen LogP contribution is -2.15. The maximum absolute atomic E-state index is 13.7. The van der Waals surface area contributed by atoms with Crippen molar-refractivity contribution >= 4 is 117 Å². The summed E-state index contributed by atoms with van der Waals surface area (Å²) in [5.74, 6) is -3.29. The number of benzene rings is 4. The number of nitrogens with zero attached hydrogens (tertiary/aromatic N) is 5. The van der Waals surface area contributed by atoms with E-state index in [-0.39, 0.29) is 95.5 Å². The standard InChI is InChI=1S/C68H66N8O12/c1-5-85-61(81)37-33-57(77)73-45-21-13-9-17-41(45)65-49-25-27-51(69-49)66(42-18-10-14-22-46(42)74-58(78)34-38-62(82)86-6-2)53-29-31-55(71-53)68(44-20-12-16-24-48(44)76-60(80)36-40-64(84)88-8-4)56-32-30-54(72-56)67(52-28-26-50(65)70-52)43-19-11-15-23-47(43)75-59(79)35-39-63(83)87-7-3/h9-32,69,72H,5-8,33-40H2,1-4H3,(H,73,77)(H,74,78)(H,75,79)(H,76,80). The number of hydrogen-bond donors (Lipinski definition) is 6. The van der Waals surface area contributed by atoms with Crippen LogP contribution >= 0.6 is 0 Å². The Hall–Kier alpha value is -10.8. The molecule has 0 atom stereocenters. The Bertz CT molecular complexity index is 4050. The van der Waals surface area contributed by atoms with E-state index in [2.05, 4.69) is 30.3 Å². The minimum Gasteiger partial charge on any atom is -0.496 e. The van der Waals surface area contributed by atoms with Gasteiger partial charge in [0.25, 0.3) is 0 Å². The van der Waals surface area contributed by atoms with E-state index in [4.69, 9.17) is 28.9 Å². The number of para-hydroxylation sites is 4. The summed E-state index contributed by atoms with van der Waals surface area (Å²) in [5.41, 5.74) is 9.87.